The molecule has 0 radical (unpaired) electrons. The van der Waals surface area contributed by atoms with E-state index in [0.717, 1.165) is 24.6 Å². The van der Waals surface area contributed by atoms with Crippen LogP contribution in [0.1, 0.15) is 12.1 Å². The summed E-state index contributed by atoms with van der Waals surface area (Å²) in [5, 5.41) is 9.80. The van der Waals surface area contributed by atoms with Crippen molar-refractivity contribution in [1.29, 1.82) is 0 Å². The highest BCUT2D eigenvalue weighted by molar-refractivity contribution is 5.34. The van der Waals surface area contributed by atoms with E-state index in [-0.39, 0.29) is 6.10 Å². The first-order chi connectivity index (χ1) is 8.06. The summed E-state index contributed by atoms with van der Waals surface area (Å²) in [6.45, 7) is 3.49. The Morgan fingerprint density at radius 2 is 2.29 bits per heavy atom. The minimum Gasteiger partial charge on any atom is -0.391 e. The fourth-order valence-corrected chi connectivity index (χ4v) is 2.31. The number of anilines is 1. The standard InChI is InChI=1S/C12H20N4O/c1-9-4-5-13-12(14-9)16-8-11(17)6-10(16)7-15(2)3/h4-5,10-11,17H,6-8H2,1-3H3. The molecule has 17 heavy (non-hydrogen) atoms. The summed E-state index contributed by atoms with van der Waals surface area (Å²) in [6.07, 6.45) is 2.29. The van der Waals surface area contributed by atoms with Crippen molar-refractivity contribution in [2.24, 2.45) is 0 Å². The molecule has 2 heterocycles. The van der Waals surface area contributed by atoms with Gasteiger partial charge in [-0.25, -0.2) is 9.97 Å². The van der Waals surface area contributed by atoms with Gasteiger partial charge in [0.15, 0.2) is 0 Å². The molecule has 1 aromatic rings. The molecule has 0 amide bonds. The smallest absolute Gasteiger partial charge is 0.225 e. The largest absolute Gasteiger partial charge is 0.391 e. The second-order valence-corrected chi connectivity index (χ2v) is 4.96. The summed E-state index contributed by atoms with van der Waals surface area (Å²) < 4.78 is 0. The van der Waals surface area contributed by atoms with E-state index in [1.165, 1.54) is 0 Å². The normalized spacial score (nSPS) is 24.6. The van der Waals surface area contributed by atoms with Crippen LogP contribution < -0.4 is 4.90 Å². The van der Waals surface area contributed by atoms with E-state index in [2.05, 4.69) is 19.8 Å². The number of nitrogens with zero attached hydrogens (tertiary/aromatic N) is 4. The van der Waals surface area contributed by atoms with Crippen molar-refractivity contribution in [3.63, 3.8) is 0 Å². The van der Waals surface area contributed by atoms with Gasteiger partial charge in [0.05, 0.1) is 6.10 Å². The van der Waals surface area contributed by atoms with Crippen molar-refractivity contribution in [3.8, 4) is 0 Å². The van der Waals surface area contributed by atoms with Crippen LogP contribution in [0.3, 0.4) is 0 Å². The average molecular weight is 236 g/mol. The zero-order chi connectivity index (χ0) is 12.4. The summed E-state index contributed by atoms with van der Waals surface area (Å²) >= 11 is 0. The van der Waals surface area contributed by atoms with E-state index < -0.39 is 0 Å². The number of likely N-dealkylation sites (N-methyl/N-ethyl adjacent to an activating group) is 1. The van der Waals surface area contributed by atoms with E-state index in [1.807, 2.05) is 27.1 Å². The fourth-order valence-electron chi connectivity index (χ4n) is 2.31. The van der Waals surface area contributed by atoms with Gasteiger partial charge in [0.2, 0.25) is 5.95 Å². The maximum atomic E-state index is 9.80. The van der Waals surface area contributed by atoms with E-state index in [9.17, 15) is 5.11 Å². The number of hydrogen-bond acceptors (Lipinski definition) is 5. The van der Waals surface area contributed by atoms with Crippen molar-refractivity contribution in [3.05, 3.63) is 18.0 Å². The summed E-state index contributed by atoms with van der Waals surface area (Å²) in [5.41, 5.74) is 0.958. The highest BCUT2D eigenvalue weighted by atomic mass is 16.3. The van der Waals surface area contributed by atoms with Crippen LogP contribution in [0.5, 0.6) is 0 Å². The third kappa shape index (κ3) is 2.92. The summed E-state index contributed by atoms with van der Waals surface area (Å²) in [6, 6.07) is 2.18. The third-order valence-electron chi connectivity index (χ3n) is 3.01. The van der Waals surface area contributed by atoms with Crippen LogP contribution in [-0.4, -0.2) is 59.3 Å². The van der Waals surface area contributed by atoms with Crippen molar-refractivity contribution in [1.82, 2.24) is 14.9 Å². The predicted molar refractivity (Wildman–Crippen MR) is 67.1 cm³/mol. The Morgan fingerprint density at radius 3 is 2.94 bits per heavy atom. The van der Waals surface area contributed by atoms with Crippen molar-refractivity contribution in [2.45, 2.75) is 25.5 Å². The highest BCUT2D eigenvalue weighted by Gasteiger charge is 2.32. The van der Waals surface area contributed by atoms with Gasteiger partial charge < -0.3 is 14.9 Å². The van der Waals surface area contributed by atoms with Gasteiger partial charge in [-0.2, -0.15) is 0 Å². The molecule has 0 saturated carbocycles. The van der Waals surface area contributed by atoms with Crippen molar-refractivity contribution in [2.75, 3.05) is 32.1 Å². The molecule has 0 spiro atoms. The van der Waals surface area contributed by atoms with E-state index >= 15 is 0 Å². The van der Waals surface area contributed by atoms with Crippen LogP contribution in [-0.2, 0) is 0 Å². The average Bonchev–Trinajstić information content (AvgIpc) is 2.58. The Morgan fingerprint density at radius 1 is 1.53 bits per heavy atom. The zero-order valence-corrected chi connectivity index (χ0v) is 10.7. The maximum absolute atomic E-state index is 9.80. The lowest BCUT2D eigenvalue weighted by atomic mass is 10.2. The molecule has 0 aromatic carbocycles. The summed E-state index contributed by atoms with van der Waals surface area (Å²) in [4.78, 5) is 13.0. The molecule has 1 N–H and O–H groups in total. The minimum absolute atomic E-state index is 0.274. The zero-order valence-electron chi connectivity index (χ0n) is 10.7. The molecule has 5 nitrogen and oxygen atoms in total. The second-order valence-electron chi connectivity index (χ2n) is 4.96. The predicted octanol–water partition coefficient (Wildman–Crippen LogP) is 0.286. The van der Waals surface area contributed by atoms with Gasteiger partial charge in [-0.1, -0.05) is 0 Å². The first kappa shape index (κ1) is 12.3. The van der Waals surface area contributed by atoms with Gasteiger partial charge in [-0.15, -0.1) is 0 Å². The van der Waals surface area contributed by atoms with Gasteiger partial charge >= 0.3 is 0 Å². The lowest BCUT2D eigenvalue weighted by Crippen LogP contribution is -2.38. The number of aliphatic hydroxyl groups excluding tert-OH is 1. The van der Waals surface area contributed by atoms with E-state index in [0.29, 0.717) is 12.6 Å². The summed E-state index contributed by atoms with van der Waals surface area (Å²) in [7, 11) is 4.08. The van der Waals surface area contributed by atoms with Gasteiger partial charge in [-0.05, 0) is 33.5 Å². The molecule has 0 bridgehead atoms. The number of aryl methyl sites for hydroxylation is 1. The molecular formula is C12H20N4O. The number of rotatable bonds is 3. The molecule has 2 unspecified atom stereocenters. The fraction of sp³-hybridized carbons (Fsp3) is 0.667. The molecule has 2 rings (SSSR count). The lowest BCUT2D eigenvalue weighted by molar-refractivity contribution is 0.191. The van der Waals surface area contributed by atoms with E-state index in [1.54, 1.807) is 6.20 Å². The highest BCUT2D eigenvalue weighted by Crippen LogP contribution is 2.23. The molecule has 1 aliphatic heterocycles. The van der Waals surface area contributed by atoms with Gasteiger partial charge in [0.1, 0.15) is 0 Å². The van der Waals surface area contributed by atoms with Gasteiger partial charge in [0.25, 0.3) is 0 Å². The lowest BCUT2D eigenvalue weighted by Gasteiger charge is -2.26. The van der Waals surface area contributed by atoms with Crippen LogP contribution in [0.15, 0.2) is 12.3 Å². The van der Waals surface area contributed by atoms with E-state index in [4.69, 9.17) is 0 Å². The van der Waals surface area contributed by atoms with Gasteiger partial charge in [-0.3, -0.25) is 0 Å². The first-order valence-corrected chi connectivity index (χ1v) is 5.95. The number of aliphatic hydroxyl groups is 1. The third-order valence-corrected chi connectivity index (χ3v) is 3.01. The van der Waals surface area contributed by atoms with Crippen LogP contribution in [0.2, 0.25) is 0 Å². The Labute approximate surface area is 102 Å². The number of β-amino-alcohol motifs (C(OH)–C–C–N with tert-alkyl or cyclic N) is 1. The van der Waals surface area contributed by atoms with Crippen LogP contribution in [0.4, 0.5) is 5.95 Å². The Balaban J connectivity index is 2.17. The first-order valence-electron chi connectivity index (χ1n) is 5.95. The quantitative estimate of drug-likeness (QED) is 0.817. The molecule has 2 atom stereocenters. The Hall–Kier alpha value is -1.20. The summed E-state index contributed by atoms with van der Waals surface area (Å²) in [5.74, 6) is 0.730. The second kappa shape index (κ2) is 4.98. The molecule has 1 saturated heterocycles. The van der Waals surface area contributed by atoms with Crippen LogP contribution in [0.25, 0.3) is 0 Å². The topological polar surface area (TPSA) is 52.5 Å². The number of hydrogen-bond donors (Lipinski definition) is 1. The molecule has 94 valence electrons. The molecule has 0 aliphatic carbocycles. The Kier molecular flexibility index (Phi) is 3.59. The monoisotopic (exact) mass is 236 g/mol. The van der Waals surface area contributed by atoms with Crippen molar-refractivity contribution < 1.29 is 5.11 Å². The van der Waals surface area contributed by atoms with Crippen molar-refractivity contribution >= 4 is 5.95 Å². The molecule has 1 aromatic heterocycles. The van der Waals surface area contributed by atoms with Crippen LogP contribution >= 0.6 is 0 Å². The SMILES string of the molecule is Cc1ccnc(N2CC(O)CC2CN(C)C)n1. The van der Waals surface area contributed by atoms with Gasteiger partial charge in [0, 0.05) is 31.0 Å². The maximum Gasteiger partial charge on any atom is 0.225 e. The number of aromatic nitrogens is 2. The molecule has 1 aliphatic rings. The minimum atomic E-state index is -0.274. The molecular weight excluding hydrogens is 216 g/mol. The molecule has 1 fully saturated rings. The Bertz CT molecular complexity index is 383. The molecule has 5 heteroatoms. The van der Waals surface area contributed by atoms with Crippen LogP contribution in [0, 0.1) is 6.92 Å².